The molecule has 1 unspecified atom stereocenters. The Morgan fingerprint density at radius 2 is 2.24 bits per heavy atom. The summed E-state index contributed by atoms with van der Waals surface area (Å²) in [6.07, 6.45) is 0.964. The van der Waals surface area contributed by atoms with E-state index in [1.807, 2.05) is 6.92 Å². The molecule has 0 saturated carbocycles. The van der Waals surface area contributed by atoms with E-state index in [9.17, 15) is 9.90 Å². The molecule has 0 aromatic heterocycles. The summed E-state index contributed by atoms with van der Waals surface area (Å²) in [7, 11) is 0. The summed E-state index contributed by atoms with van der Waals surface area (Å²) in [6, 6.07) is 5.05. The lowest BCUT2D eigenvalue weighted by Gasteiger charge is -2.12. The first-order valence-electron chi connectivity index (χ1n) is 5.49. The van der Waals surface area contributed by atoms with Gasteiger partial charge in [-0.3, -0.25) is 0 Å². The number of halogens is 1. The Hall–Kier alpha value is -1.07. The summed E-state index contributed by atoms with van der Waals surface area (Å²) in [5.41, 5.74) is 0.800. The molecule has 0 fully saturated rings. The predicted octanol–water partition coefficient (Wildman–Crippen LogP) is 2.72. The van der Waals surface area contributed by atoms with Crippen LogP contribution in [0.4, 0.5) is 5.69 Å². The molecular formula is C12H16BrNO3. The maximum absolute atomic E-state index is 11.0. The number of aliphatic hydroxyl groups excluding tert-OH is 1. The molecule has 0 heterocycles. The minimum Gasteiger partial charge on any atom is -0.478 e. The number of carbonyl (C=O) groups is 1. The van der Waals surface area contributed by atoms with Crippen LogP contribution in [0.25, 0.3) is 0 Å². The Bertz CT molecular complexity index is 395. The van der Waals surface area contributed by atoms with Crippen LogP contribution < -0.4 is 5.32 Å². The molecule has 1 rings (SSSR count). The lowest BCUT2D eigenvalue weighted by Crippen LogP contribution is -2.14. The quantitative estimate of drug-likeness (QED) is 0.755. The molecule has 0 bridgehead atoms. The molecule has 94 valence electrons. The average molecular weight is 302 g/mol. The molecular weight excluding hydrogens is 286 g/mol. The van der Waals surface area contributed by atoms with E-state index < -0.39 is 5.97 Å². The summed E-state index contributed by atoms with van der Waals surface area (Å²) >= 11 is 3.24. The Balaban J connectivity index is 2.67. The topological polar surface area (TPSA) is 69.6 Å². The van der Waals surface area contributed by atoms with E-state index in [1.165, 1.54) is 0 Å². The number of carboxylic acids is 1. The van der Waals surface area contributed by atoms with Gasteiger partial charge in [0, 0.05) is 16.7 Å². The Morgan fingerprint density at radius 3 is 2.82 bits per heavy atom. The van der Waals surface area contributed by atoms with Crippen molar-refractivity contribution in [2.75, 3.05) is 11.9 Å². The molecule has 4 nitrogen and oxygen atoms in total. The number of benzene rings is 1. The van der Waals surface area contributed by atoms with E-state index in [-0.39, 0.29) is 11.7 Å². The van der Waals surface area contributed by atoms with Crippen molar-refractivity contribution < 1.29 is 15.0 Å². The van der Waals surface area contributed by atoms with Gasteiger partial charge in [0.1, 0.15) is 0 Å². The maximum atomic E-state index is 11.0. The fourth-order valence-electron chi connectivity index (χ4n) is 1.43. The molecule has 1 aromatic carbocycles. The standard InChI is InChI=1S/C12H16BrNO3/c1-2-9(15)5-6-14-11-4-3-8(13)7-10(11)12(16)17/h3-4,7,9,14-15H,2,5-6H2,1H3,(H,16,17). The fourth-order valence-corrected chi connectivity index (χ4v) is 1.79. The van der Waals surface area contributed by atoms with Crippen LogP contribution in [0, 0.1) is 0 Å². The van der Waals surface area contributed by atoms with Crippen LogP contribution in [-0.2, 0) is 0 Å². The molecule has 0 aliphatic carbocycles. The van der Waals surface area contributed by atoms with Crippen LogP contribution in [-0.4, -0.2) is 28.8 Å². The van der Waals surface area contributed by atoms with Crippen molar-refractivity contribution in [2.24, 2.45) is 0 Å². The number of aromatic carboxylic acids is 1. The average Bonchev–Trinajstić information content (AvgIpc) is 2.30. The van der Waals surface area contributed by atoms with Crippen molar-refractivity contribution in [3.05, 3.63) is 28.2 Å². The van der Waals surface area contributed by atoms with Gasteiger partial charge in [0.2, 0.25) is 0 Å². The third-order valence-electron chi connectivity index (χ3n) is 2.48. The molecule has 3 N–H and O–H groups in total. The van der Waals surface area contributed by atoms with Gasteiger partial charge in [-0.15, -0.1) is 0 Å². The summed E-state index contributed by atoms with van der Waals surface area (Å²) in [6.45, 7) is 2.46. The van der Waals surface area contributed by atoms with Crippen molar-refractivity contribution in [3.8, 4) is 0 Å². The molecule has 1 atom stereocenters. The number of aliphatic hydroxyl groups is 1. The predicted molar refractivity (Wildman–Crippen MR) is 70.5 cm³/mol. The van der Waals surface area contributed by atoms with Gasteiger partial charge in [-0.1, -0.05) is 22.9 Å². The van der Waals surface area contributed by atoms with Gasteiger partial charge in [0.15, 0.2) is 0 Å². The van der Waals surface area contributed by atoms with E-state index in [1.54, 1.807) is 18.2 Å². The van der Waals surface area contributed by atoms with E-state index in [0.717, 1.165) is 4.47 Å². The molecule has 0 amide bonds. The summed E-state index contributed by atoms with van der Waals surface area (Å²) in [5.74, 6) is -0.968. The highest BCUT2D eigenvalue weighted by molar-refractivity contribution is 9.10. The number of anilines is 1. The second kappa shape index (κ2) is 6.61. The summed E-state index contributed by atoms with van der Waals surface area (Å²) in [5, 5.41) is 21.5. The Kier molecular flexibility index (Phi) is 5.44. The van der Waals surface area contributed by atoms with Gasteiger partial charge in [0.25, 0.3) is 0 Å². The zero-order valence-corrected chi connectivity index (χ0v) is 11.2. The molecule has 0 aliphatic rings. The highest BCUT2D eigenvalue weighted by Gasteiger charge is 2.10. The fraction of sp³-hybridized carbons (Fsp3) is 0.417. The van der Waals surface area contributed by atoms with Crippen LogP contribution in [0.15, 0.2) is 22.7 Å². The second-order valence-corrected chi connectivity index (χ2v) is 4.69. The molecule has 1 aromatic rings. The monoisotopic (exact) mass is 301 g/mol. The van der Waals surface area contributed by atoms with E-state index in [2.05, 4.69) is 21.2 Å². The SMILES string of the molecule is CCC(O)CCNc1ccc(Br)cc1C(=O)O. The van der Waals surface area contributed by atoms with Crippen LogP contribution in [0.1, 0.15) is 30.1 Å². The number of carboxylic acid groups (broad SMARTS) is 1. The summed E-state index contributed by atoms with van der Waals surface area (Å²) in [4.78, 5) is 11.0. The number of nitrogens with one attached hydrogen (secondary N) is 1. The third kappa shape index (κ3) is 4.36. The molecule has 0 aliphatic heterocycles. The highest BCUT2D eigenvalue weighted by Crippen LogP contribution is 2.21. The number of rotatable bonds is 6. The van der Waals surface area contributed by atoms with Gasteiger partial charge in [-0.25, -0.2) is 4.79 Å². The van der Waals surface area contributed by atoms with Gasteiger partial charge in [-0.2, -0.15) is 0 Å². The normalized spacial score (nSPS) is 12.2. The first-order valence-corrected chi connectivity index (χ1v) is 6.28. The third-order valence-corrected chi connectivity index (χ3v) is 2.97. The van der Waals surface area contributed by atoms with Crippen LogP contribution in [0.2, 0.25) is 0 Å². The zero-order valence-electron chi connectivity index (χ0n) is 9.61. The molecule has 5 heteroatoms. The first kappa shape index (κ1) is 14.0. The maximum Gasteiger partial charge on any atom is 0.337 e. The smallest absolute Gasteiger partial charge is 0.337 e. The van der Waals surface area contributed by atoms with Gasteiger partial charge in [0.05, 0.1) is 11.7 Å². The minimum atomic E-state index is -0.968. The van der Waals surface area contributed by atoms with Crippen molar-refractivity contribution in [1.82, 2.24) is 0 Å². The lowest BCUT2D eigenvalue weighted by atomic mass is 10.1. The van der Waals surface area contributed by atoms with Crippen molar-refractivity contribution in [1.29, 1.82) is 0 Å². The van der Waals surface area contributed by atoms with Crippen molar-refractivity contribution in [3.63, 3.8) is 0 Å². The van der Waals surface area contributed by atoms with E-state index in [4.69, 9.17) is 5.11 Å². The van der Waals surface area contributed by atoms with E-state index in [0.29, 0.717) is 25.1 Å². The van der Waals surface area contributed by atoms with Gasteiger partial charge < -0.3 is 15.5 Å². The zero-order chi connectivity index (χ0) is 12.8. The minimum absolute atomic E-state index is 0.227. The molecule has 0 saturated heterocycles. The number of hydrogen-bond acceptors (Lipinski definition) is 3. The van der Waals surface area contributed by atoms with Gasteiger partial charge in [-0.05, 0) is 31.0 Å². The van der Waals surface area contributed by atoms with Crippen LogP contribution >= 0.6 is 15.9 Å². The second-order valence-electron chi connectivity index (χ2n) is 3.77. The van der Waals surface area contributed by atoms with Crippen LogP contribution in [0.5, 0.6) is 0 Å². The van der Waals surface area contributed by atoms with Crippen molar-refractivity contribution >= 4 is 27.6 Å². The van der Waals surface area contributed by atoms with Crippen molar-refractivity contribution in [2.45, 2.75) is 25.9 Å². The lowest BCUT2D eigenvalue weighted by molar-refractivity contribution is 0.0698. The molecule has 0 radical (unpaired) electrons. The number of hydrogen-bond donors (Lipinski definition) is 3. The van der Waals surface area contributed by atoms with E-state index >= 15 is 0 Å². The Labute approximate surface area is 109 Å². The summed E-state index contributed by atoms with van der Waals surface area (Å²) < 4.78 is 0.731. The largest absolute Gasteiger partial charge is 0.478 e. The van der Waals surface area contributed by atoms with Gasteiger partial charge >= 0.3 is 5.97 Å². The Morgan fingerprint density at radius 1 is 1.53 bits per heavy atom. The first-order chi connectivity index (χ1) is 8.04. The van der Waals surface area contributed by atoms with Crippen LogP contribution in [0.3, 0.4) is 0 Å². The molecule has 0 spiro atoms. The highest BCUT2D eigenvalue weighted by atomic mass is 79.9. The molecule has 17 heavy (non-hydrogen) atoms.